The van der Waals surface area contributed by atoms with E-state index in [0.717, 1.165) is 24.2 Å². The first kappa shape index (κ1) is 10.5. The Morgan fingerprint density at radius 3 is 2.94 bits per heavy atom. The van der Waals surface area contributed by atoms with Gasteiger partial charge in [0.1, 0.15) is 17.3 Å². The molecule has 0 aliphatic heterocycles. The molecule has 1 aliphatic rings. The molecule has 2 N–H and O–H groups in total. The molecule has 0 amide bonds. The minimum Gasteiger partial charge on any atom is -0.360 e. The molecule has 88 valence electrons. The highest BCUT2D eigenvalue weighted by Crippen LogP contribution is 2.41. The average Bonchev–Trinajstić information content (AvgIpc) is 3.08. The lowest BCUT2D eigenvalue weighted by Crippen LogP contribution is -2.00. The maximum atomic E-state index is 13.8. The molecule has 17 heavy (non-hydrogen) atoms. The summed E-state index contributed by atoms with van der Waals surface area (Å²) in [4.78, 5) is 0. The third-order valence-corrected chi connectivity index (χ3v) is 3.08. The fraction of sp³-hybridized carbons (Fsp3) is 0.308. The van der Waals surface area contributed by atoms with E-state index in [1.807, 2.05) is 12.1 Å². The molecule has 0 spiro atoms. The van der Waals surface area contributed by atoms with Crippen LogP contribution in [0.3, 0.4) is 0 Å². The number of hydrogen-bond acceptors (Lipinski definition) is 3. The number of nitrogens with two attached hydrogens (primary N) is 1. The molecule has 0 radical (unpaired) electrons. The summed E-state index contributed by atoms with van der Waals surface area (Å²) in [6, 6.07) is 6.71. The van der Waals surface area contributed by atoms with Gasteiger partial charge in [0, 0.05) is 24.1 Å². The topological polar surface area (TPSA) is 52.0 Å². The van der Waals surface area contributed by atoms with E-state index in [9.17, 15) is 4.39 Å². The van der Waals surface area contributed by atoms with Crippen molar-refractivity contribution >= 4 is 0 Å². The maximum absolute atomic E-state index is 13.8. The summed E-state index contributed by atoms with van der Waals surface area (Å²) in [5.74, 6) is 1.03. The summed E-state index contributed by atoms with van der Waals surface area (Å²) in [5.41, 5.74) is 7.37. The number of halogens is 1. The molecule has 1 aromatic carbocycles. The number of benzene rings is 1. The largest absolute Gasteiger partial charge is 0.360 e. The van der Waals surface area contributed by atoms with E-state index >= 15 is 0 Å². The Labute approximate surface area is 98.4 Å². The molecule has 3 nitrogen and oxygen atoms in total. The van der Waals surface area contributed by atoms with Crippen LogP contribution in [-0.2, 0) is 6.54 Å². The van der Waals surface area contributed by atoms with Crippen molar-refractivity contribution in [3.63, 3.8) is 0 Å². The number of rotatable bonds is 3. The Kier molecular flexibility index (Phi) is 2.44. The van der Waals surface area contributed by atoms with Gasteiger partial charge in [0.15, 0.2) is 0 Å². The molecular formula is C13H13FN2O. The summed E-state index contributed by atoms with van der Waals surface area (Å²) in [7, 11) is 0. The van der Waals surface area contributed by atoms with E-state index in [-0.39, 0.29) is 5.82 Å². The molecule has 1 heterocycles. The van der Waals surface area contributed by atoms with Gasteiger partial charge in [0.2, 0.25) is 0 Å². The minimum absolute atomic E-state index is 0.290. The Hall–Kier alpha value is -1.68. The zero-order chi connectivity index (χ0) is 11.8. The van der Waals surface area contributed by atoms with Crippen LogP contribution in [0.15, 0.2) is 28.8 Å². The predicted molar refractivity (Wildman–Crippen MR) is 61.8 cm³/mol. The Morgan fingerprint density at radius 2 is 2.24 bits per heavy atom. The maximum Gasteiger partial charge on any atom is 0.140 e. The summed E-state index contributed by atoms with van der Waals surface area (Å²) in [6.07, 6.45) is 2.27. The zero-order valence-electron chi connectivity index (χ0n) is 9.32. The highest BCUT2D eigenvalue weighted by molar-refractivity contribution is 5.64. The highest BCUT2D eigenvalue weighted by Gasteiger charge is 2.28. The van der Waals surface area contributed by atoms with Crippen LogP contribution in [0.1, 0.15) is 30.1 Å². The Morgan fingerprint density at radius 1 is 1.41 bits per heavy atom. The zero-order valence-corrected chi connectivity index (χ0v) is 9.32. The molecule has 0 unspecified atom stereocenters. The lowest BCUT2D eigenvalue weighted by atomic mass is 10.0. The van der Waals surface area contributed by atoms with Crippen molar-refractivity contribution in [3.8, 4) is 11.3 Å². The van der Waals surface area contributed by atoms with E-state index in [2.05, 4.69) is 5.16 Å². The molecular weight excluding hydrogens is 219 g/mol. The fourth-order valence-electron chi connectivity index (χ4n) is 1.99. The average molecular weight is 232 g/mol. The lowest BCUT2D eigenvalue weighted by molar-refractivity contribution is 0.386. The second-order valence-electron chi connectivity index (χ2n) is 4.37. The summed E-state index contributed by atoms with van der Waals surface area (Å²) >= 11 is 0. The first-order valence-electron chi connectivity index (χ1n) is 5.74. The molecule has 1 aromatic heterocycles. The fourth-order valence-corrected chi connectivity index (χ4v) is 1.99. The molecule has 0 bridgehead atoms. The van der Waals surface area contributed by atoms with Crippen LogP contribution < -0.4 is 5.73 Å². The van der Waals surface area contributed by atoms with E-state index < -0.39 is 0 Å². The van der Waals surface area contributed by atoms with Gasteiger partial charge in [-0.1, -0.05) is 17.3 Å². The van der Waals surface area contributed by atoms with Crippen molar-refractivity contribution < 1.29 is 8.91 Å². The lowest BCUT2D eigenvalue weighted by Gasteiger charge is -2.04. The van der Waals surface area contributed by atoms with Gasteiger partial charge < -0.3 is 10.3 Å². The first-order valence-corrected chi connectivity index (χ1v) is 5.74. The van der Waals surface area contributed by atoms with Gasteiger partial charge in [-0.25, -0.2) is 4.39 Å². The highest BCUT2D eigenvalue weighted by atomic mass is 19.1. The SMILES string of the molecule is NCc1cccc(F)c1-c1cc(C2CC2)on1. The number of aromatic nitrogens is 1. The van der Waals surface area contributed by atoms with Gasteiger partial charge in [0.05, 0.1) is 0 Å². The Bertz CT molecular complexity index is 546. The Balaban J connectivity index is 2.06. The van der Waals surface area contributed by atoms with Gasteiger partial charge in [0.25, 0.3) is 0 Å². The second kappa shape index (κ2) is 3.96. The van der Waals surface area contributed by atoms with Crippen LogP contribution in [0, 0.1) is 5.82 Å². The van der Waals surface area contributed by atoms with E-state index in [4.69, 9.17) is 10.3 Å². The third kappa shape index (κ3) is 1.85. The van der Waals surface area contributed by atoms with Crippen LogP contribution in [0.25, 0.3) is 11.3 Å². The molecule has 0 atom stereocenters. The standard InChI is InChI=1S/C13H13FN2O/c14-10-3-1-2-9(7-15)13(10)11-6-12(17-16-11)8-4-5-8/h1-3,6,8H,4-5,7,15H2. The monoisotopic (exact) mass is 232 g/mol. The molecule has 1 aliphatic carbocycles. The van der Waals surface area contributed by atoms with Crippen molar-refractivity contribution in [2.24, 2.45) is 5.73 Å². The third-order valence-electron chi connectivity index (χ3n) is 3.08. The van der Waals surface area contributed by atoms with Crippen LogP contribution in [0.5, 0.6) is 0 Å². The van der Waals surface area contributed by atoms with Crippen molar-refractivity contribution in [3.05, 3.63) is 41.4 Å². The molecule has 3 rings (SSSR count). The van der Waals surface area contributed by atoms with E-state index in [1.165, 1.54) is 6.07 Å². The van der Waals surface area contributed by atoms with Gasteiger partial charge >= 0.3 is 0 Å². The molecule has 1 fully saturated rings. The van der Waals surface area contributed by atoms with Crippen LogP contribution in [-0.4, -0.2) is 5.16 Å². The molecule has 2 aromatic rings. The molecule has 1 saturated carbocycles. The van der Waals surface area contributed by atoms with Gasteiger partial charge in [-0.05, 0) is 24.5 Å². The van der Waals surface area contributed by atoms with Crippen molar-refractivity contribution in [1.29, 1.82) is 0 Å². The van der Waals surface area contributed by atoms with Crippen LogP contribution >= 0.6 is 0 Å². The van der Waals surface area contributed by atoms with Crippen molar-refractivity contribution in [2.45, 2.75) is 25.3 Å². The quantitative estimate of drug-likeness (QED) is 0.885. The van der Waals surface area contributed by atoms with Crippen LogP contribution in [0.2, 0.25) is 0 Å². The normalized spacial score (nSPS) is 15.2. The predicted octanol–water partition coefficient (Wildman–Crippen LogP) is 2.82. The number of nitrogens with zero attached hydrogens (tertiary/aromatic N) is 1. The van der Waals surface area contributed by atoms with Crippen molar-refractivity contribution in [1.82, 2.24) is 5.16 Å². The van der Waals surface area contributed by atoms with E-state index in [0.29, 0.717) is 23.7 Å². The summed E-state index contributed by atoms with van der Waals surface area (Å²) < 4.78 is 19.1. The smallest absolute Gasteiger partial charge is 0.140 e. The van der Waals surface area contributed by atoms with Gasteiger partial charge in [-0.2, -0.15) is 0 Å². The van der Waals surface area contributed by atoms with E-state index in [1.54, 1.807) is 6.07 Å². The summed E-state index contributed by atoms with van der Waals surface area (Å²) in [6.45, 7) is 0.290. The van der Waals surface area contributed by atoms with Gasteiger partial charge in [-0.15, -0.1) is 0 Å². The number of hydrogen-bond donors (Lipinski definition) is 1. The summed E-state index contributed by atoms with van der Waals surface area (Å²) in [5, 5.41) is 3.95. The molecule has 0 saturated heterocycles. The first-order chi connectivity index (χ1) is 8.29. The van der Waals surface area contributed by atoms with Crippen molar-refractivity contribution in [2.75, 3.05) is 0 Å². The van der Waals surface area contributed by atoms with Crippen LogP contribution in [0.4, 0.5) is 4.39 Å². The molecule has 4 heteroatoms. The van der Waals surface area contributed by atoms with Gasteiger partial charge in [-0.3, -0.25) is 0 Å². The second-order valence-corrected chi connectivity index (χ2v) is 4.37. The minimum atomic E-state index is -0.302.